The van der Waals surface area contributed by atoms with Crippen molar-refractivity contribution in [3.8, 4) is 0 Å². The highest BCUT2D eigenvalue weighted by atomic mass is 35.5. The first-order chi connectivity index (χ1) is 12.5. The lowest BCUT2D eigenvalue weighted by atomic mass is 10.4. The quantitative estimate of drug-likeness (QED) is 0.731. The van der Waals surface area contributed by atoms with Crippen LogP contribution in [0.2, 0.25) is 5.15 Å². The lowest BCUT2D eigenvalue weighted by Crippen LogP contribution is -2.40. The molecule has 1 aliphatic heterocycles. The molecule has 0 radical (unpaired) electrons. The van der Waals surface area contributed by atoms with Gasteiger partial charge < -0.3 is 10.1 Å². The molecule has 0 aromatic carbocycles. The van der Waals surface area contributed by atoms with E-state index in [4.69, 9.17) is 16.3 Å². The van der Waals surface area contributed by atoms with Crippen molar-refractivity contribution in [2.45, 2.75) is 29.5 Å². The first-order valence-corrected chi connectivity index (χ1v) is 11.1. The summed E-state index contributed by atoms with van der Waals surface area (Å²) >= 11 is 7.34. The molecule has 2 aromatic rings. The van der Waals surface area contributed by atoms with Crippen molar-refractivity contribution in [2.24, 2.45) is 0 Å². The third-order valence-electron chi connectivity index (χ3n) is 4.30. The van der Waals surface area contributed by atoms with Gasteiger partial charge in [0.2, 0.25) is 0 Å². The zero-order chi connectivity index (χ0) is 18.1. The minimum atomic E-state index is -3.44. The number of ether oxygens (including phenoxy) is 1. The summed E-state index contributed by atoms with van der Waals surface area (Å²) < 4.78 is 32.4. The summed E-state index contributed by atoms with van der Waals surface area (Å²) in [6.45, 7) is 2.17. The van der Waals surface area contributed by atoms with Crippen LogP contribution in [0.4, 0.5) is 5.82 Å². The van der Waals surface area contributed by atoms with Crippen LogP contribution in [0.5, 0.6) is 0 Å². The lowest BCUT2D eigenvalue weighted by molar-refractivity contribution is 0.0731. The van der Waals surface area contributed by atoms with E-state index >= 15 is 0 Å². The van der Waals surface area contributed by atoms with Crippen molar-refractivity contribution < 1.29 is 13.2 Å². The number of hydrogen-bond acceptors (Lipinski definition) is 7. The van der Waals surface area contributed by atoms with E-state index in [1.54, 1.807) is 12.1 Å². The average Bonchev–Trinajstić information content (AvgIpc) is 3.38. The molecule has 26 heavy (non-hydrogen) atoms. The Hall–Kier alpha value is -1.26. The predicted molar refractivity (Wildman–Crippen MR) is 100 cm³/mol. The first-order valence-electron chi connectivity index (χ1n) is 8.47. The fraction of sp³-hybridized carbons (Fsp3) is 0.500. The molecular formula is C16H19ClN4O3S2. The summed E-state index contributed by atoms with van der Waals surface area (Å²) in [5.41, 5.74) is 0. The van der Waals surface area contributed by atoms with Gasteiger partial charge in [0.05, 0.1) is 19.8 Å². The van der Waals surface area contributed by atoms with Crippen molar-refractivity contribution >= 4 is 38.8 Å². The maximum atomic E-state index is 12.7. The Morgan fingerprint density at radius 3 is 2.77 bits per heavy atom. The van der Waals surface area contributed by atoms with Gasteiger partial charge in [-0.3, -0.25) is 0 Å². The van der Waals surface area contributed by atoms with E-state index in [1.807, 2.05) is 6.07 Å². The smallest absolute Gasteiger partial charge is 0.252 e. The summed E-state index contributed by atoms with van der Waals surface area (Å²) in [5.74, 6) is 1.86. The lowest BCUT2D eigenvalue weighted by Gasteiger charge is -2.25. The van der Waals surface area contributed by atoms with Gasteiger partial charge in [0.15, 0.2) is 0 Å². The minimum absolute atomic E-state index is 0.357. The number of anilines is 1. The number of aromatic nitrogens is 2. The zero-order valence-electron chi connectivity index (χ0n) is 14.0. The summed E-state index contributed by atoms with van der Waals surface area (Å²) in [5, 5.41) is 3.64. The molecule has 2 aliphatic rings. The Labute approximate surface area is 161 Å². The molecule has 7 nitrogen and oxygen atoms in total. The molecule has 0 spiro atoms. The number of nitrogens with one attached hydrogen (secondary N) is 1. The molecule has 2 fully saturated rings. The SMILES string of the molecule is O=S(=O)(c1ccc(CNc2cc(Cl)nc(C3CC3)n2)s1)N1CCOCC1. The molecule has 0 bridgehead atoms. The Balaban J connectivity index is 1.44. The topological polar surface area (TPSA) is 84.4 Å². The normalized spacial score (nSPS) is 18.8. The van der Waals surface area contributed by atoms with Gasteiger partial charge in [0, 0.05) is 30.0 Å². The van der Waals surface area contributed by atoms with Gasteiger partial charge in [0.1, 0.15) is 21.0 Å². The summed E-state index contributed by atoms with van der Waals surface area (Å²) in [6.07, 6.45) is 2.21. The van der Waals surface area contributed by atoms with Crippen LogP contribution in [0.15, 0.2) is 22.4 Å². The third kappa shape index (κ3) is 4.01. The molecule has 1 saturated carbocycles. The number of nitrogens with zero attached hydrogens (tertiary/aromatic N) is 3. The fourth-order valence-electron chi connectivity index (χ4n) is 2.73. The maximum Gasteiger partial charge on any atom is 0.252 e. The number of morpholine rings is 1. The van der Waals surface area contributed by atoms with Crippen LogP contribution in [0.1, 0.15) is 29.5 Å². The number of rotatable bonds is 6. The summed E-state index contributed by atoms with van der Waals surface area (Å²) in [4.78, 5) is 9.67. The second kappa shape index (κ2) is 7.40. The van der Waals surface area contributed by atoms with Crippen molar-refractivity contribution in [3.63, 3.8) is 0 Å². The molecule has 140 valence electrons. The van der Waals surface area contributed by atoms with Gasteiger partial charge >= 0.3 is 0 Å². The number of sulfonamides is 1. The van der Waals surface area contributed by atoms with E-state index in [1.165, 1.54) is 15.6 Å². The van der Waals surface area contributed by atoms with Gasteiger partial charge in [0.25, 0.3) is 10.0 Å². The largest absolute Gasteiger partial charge is 0.379 e. The van der Waals surface area contributed by atoms with Crippen LogP contribution in [0.3, 0.4) is 0 Å². The standard InChI is InChI=1S/C16H19ClN4O3S2/c17-13-9-14(20-16(19-13)11-1-2-11)18-10-12-3-4-15(25-12)26(22,23)21-5-7-24-8-6-21/h3-4,9,11H,1-2,5-8,10H2,(H,18,19,20). The Bertz CT molecular complexity index is 893. The molecule has 1 N–H and O–H groups in total. The van der Waals surface area contributed by atoms with Crippen molar-refractivity contribution in [2.75, 3.05) is 31.6 Å². The molecule has 3 heterocycles. The zero-order valence-corrected chi connectivity index (χ0v) is 16.4. The van der Waals surface area contributed by atoms with Crippen molar-refractivity contribution in [3.05, 3.63) is 34.1 Å². The Kier molecular flexibility index (Phi) is 5.15. The fourth-order valence-corrected chi connectivity index (χ4v) is 5.78. The van der Waals surface area contributed by atoms with Crippen LogP contribution in [0, 0.1) is 0 Å². The van der Waals surface area contributed by atoms with Crippen molar-refractivity contribution in [1.82, 2.24) is 14.3 Å². The number of hydrogen-bond donors (Lipinski definition) is 1. The first kappa shape index (κ1) is 18.1. The maximum absolute atomic E-state index is 12.7. The van der Waals surface area contributed by atoms with E-state index < -0.39 is 10.0 Å². The molecule has 1 saturated heterocycles. The monoisotopic (exact) mass is 414 g/mol. The van der Waals surface area contributed by atoms with Gasteiger partial charge in [-0.15, -0.1) is 11.3 Å². The number of thiophene rings is 1. The molecule has 0 atom stereocenters. The second-order valence-corrected chi connectivity index (χ2v) is 10.0. The molecule has 0 amide bonds. The van der Waals surface area contributed by atoms with Crippen LogP contribution in [-0.4, -0.2) is 49.0 Å². The Morgan fingerprint density at radius 2 is 2.04 bits per heavy atom. The van der Waals surface area contributed by atoms with E-state index in [-0.39, 0.29) is 0 Å². The third-order valence-corrected chi connectivity index (χ3v) is 7.94. The summed E-state index contributed by atoms with van der Waals surface area (Å²) in [7, 11) is -3.44. The molecular weight excluding hydrogens is 396 g/mol. The van der Waals surface area contributed by atoms with Gasteiger partial charge in [-0.25, -0.2) is 18.4 Å². The van der Waals surface area contributed by atoms with E-state index in [2.05, 4.69) is 15.3 Å². The van der Waals surface area contributed by atoms with Gasteiger partial charge in [-0.05, 0) is 25.0 Å². The van der Waals surface area contributed by atoms with Crippen LogP contribution in [0.25, 0.3) is 0 Å². The second-order valence-electron chi connectivity index (χ2n) is 6.30. The molecule has 4 rings (SSSR count). The van der Waals surface area contributed by atoms with Crippen LogP contribution >= 0.6 is 22.9 Å². The Morgan fingerprint density at radius 1 is 1.27 bits per heavy atom. The van der Waals surface area contributed by atoms with Crippen LogP contribution < -0.4 is 5.32 Å². The molecule has 1 aliphatic carbocycles. The molecule has 10 heteroatoms. The highest BCUT2D eigenvalue weighted by molar-refractivity contribution is 7.91. The average molecular weight is 415 g/mol. The van der Waals surface area contributed by atoms with Gasteiger partial charge in [-0.1, -0.05) is 11.6 Å². The van der Waals surface area contributed by atoms with E-state index in [0.29, 0.717) is 53.9 Å². The molecule has 0 unspecified atom stereocenters. The highest BCUT2D eigenvalue weighted by Gasteiger charge is 2.28. The van der Waals surface area contributed by atoms with Crippen molar-refractivity contribution in [1.29, 1.82) is 0 Å². The summed E-state index contributed by atoms with van der Waals surface area (Å²) in [6, 6.07) is 5.18. The predicted octanol–water partition coefficient (Wildman–Crippen LogP) is 2.70. The van der Waals surface area contributed by atoms with E-state index in [9.17, 15) is 8.42 Å². The molecule has 2 aromatic heterocycles. The van der Waals surface area contributed by atoms with Crippen LogP contribution in [-0.2, 0) is 21.3 Å². The van der Waals surface area contributed by atoms with E-state index in [0.717, 1.165) is 23.5 Å². The van der Waals surface area contributed by atoms with Gasteiger partial charge in [-0.2, -0.15) is 4.31 Å². The minimum Gasteiger partial charge on any atom is -0.379 e. The number of halogens is 1. The highest BCUT2D eigenvalue weighted by Crippen LogP contribution is 2.38.